The number of nitrogens with zero attached hydrogens (tertiary/aromatic N) is 1. The highest BCUT2D eigenvalue weighted by Gasteiger charge is 2.15. The third kappa shape index (κ3) is 15.2. The first kappa shape index (κ1) is 28.4. The van der Waals surface area contributed by atoms with Crippen LogP contribution in [0.5, 0.6) is 5.75 Å². The molecule has 0 saturated carbocycles. The maximum Gasteiger partial charge on any atom is 0.121 e. The lowest BCUT2D eigenvalue weighted by Crippen LogP contribution is -2.45. The fourth-order valence-corrected chi connectivity index (χ4v) is 3.18. The molecular weight excluding hydrogens is 400 g/mol. The molecule has 7 nitrogen and oxygen atoms in total. The average Bonchev–Trinajstić information content (AvgIpc) is 2.77. The second-order valence-corrected chi connectivity index (χ2v) is 8.97. The van der Waals surface area contributed by atoms with Crippen molar-refractivity contribution in [3.05, 3.63) is 24.3 Å². The Balaban J connectivity index is 2.14. The van der Waals surface area contributed by atoms with Gasteiger partial charge in [0.05, 0.1) is 6.54 Å². The Bertz CT molecular complexity index is 620. The first-order valence-corrected chi connectivity index (χ1v) is 12.2. The number of likely N-dealkylation sites (N-methyl/N-ethyl adjacent to an activating group) is 1. The standard InChI is InChI=1S/C25H48N6O/c1-22(30-21-25(2,3)31-17-16-27-4)12-15-28-18-19-32-24-11-9-10-23(20-24)29-14-8-6-5-7-13-26/h9-11,20,27-29,31H,5-8,12-19,21,26H2,1-4H3/b30-22+. The lowest BCUT2D eigenvalue weighted by Gasteiger charge is -2.24. The number of rotatable bonds is 20. The van der Waals surface area contributed by atoms with Crippen molar-refractivity contribution in [1.29, 1.82) is 0 Å². The third-order valence-corrected chi connectivity index (χ3v) is 5.23. The van der Waals surface area contributed by atoms with Gasteiger partial charge in [-0.3, -0.25) is 4.99 Å². The van der Waals surface area contributed by atoms with Crippen molar-refractivity contribution in [2.24, 2.45) is 10.7 Å². The predicted octanol–water partition coefficient (Wildman–Crippen LogP) is 3.02. The van der Waals surface area contributed by atoms with Crippen LogP contribution in [0, 0.1) is 0 Å². The monoisotopic (exact) mass is 448 g/mol. The first-order chi connectivity index (χ1) is 15.5. The van der Waals surface area contributed by atoms with Gasteiger partial charge in [0.2, 0.25) is 0 Å². The molecule has 0 bridgehead atoms. The van der Waals surface area contributed by atoms with Gasteiger partial charge in [-0.05, 0) is 65.8 Å². The SMILES string of the molecule is CNCCNC(C)(C)C/N=C(\C)CCNCCOc1cccc(NCCCCCCN)c1. The fraction of sp³-hybridized carbons (Fsp3) is 0.720. The quantitative estimate of drug-likeness (QED) is 0.155. The molecular formula is C25H48N6O. The zero-order valence-electron chi connectivity index (χ0n) is 20.9. The minimum atomic E-state index is 0.0211. The van der Waals surface area contributed by atoms with E-state index >= 15 is 0 Å². The molecule has 0 saturated heterocycles. The average molecular weight is 449 g/mol. The summed E-state index contributed by atoms with van der Waals surface area (Å²) in [5.41, 5.74) is 7.85. The van der Waals surface area contributed by atoms with Crippen molar-refractivity contribution in [3.8, 4) is 5.75 Å². The smallest absolute Gasteiger partial charge is 0.121 e. The highest BCUT2D eigenvalue weighted by atomic mass is 16.5. The number of benzene rings is 1. The molecule has 0 radical (unpaired) electrons. The van der Waals surface area contributed by atoms with E-state index in [1.54, 1.807) is 0 Å². The summed E-state index contributed by atoms with van der Waals surface area (Å²) < 4.78 is 5.89. The second kappa shape index (κ2) is 17.8. The molecule has 32 heavy (non-hydrogen) atoms. The van der Waals surface area contributed by atoms with E-state index in [-0.39, 0.29) is 5.54 Å². The third-order valence-electron chi connectivity index (χ3n) is 5.23. The van der Waals surface area contributed by atoms with Gasteiger partial charge in [0.1, 0.15) is 12.4 Å². The summed E-state index contributed by atoms with van der Waals surface area (Å²) >= 11 is 0. The number of unbranched alkanes of at least 4 members (excludes halogenated alkanes) is 3. The molecule has 0 heterocycles. The predicted molar refractivity (Wildman–Crippen MR) is 139 cm³/mol. The highest BCUT2D eigenvalue weighted by molar-refractivity contribution is 5.82. The molecule has 0 amide bonds. The molecule has 0 aliphatic rings. The van der Waals surface area contributed by atoms with E-state index in [2.05, 4.69) is 54.2 Å². The van der Waals surface area contributed by atoms with Crippen LogP contribution in [0.4, 0.5) is 5.69 Å². The molecule has 0 fully saturated rings. The Hall–Kier alpha value is -1.67. The first-order valence-electron chi connectivity index (χ1n) is 12.2. The van der Waals surface area contributed by atoms with E-state index in [9.17, 15) is 0 Å². The van der Waals surface area contributed by atoms with Gasteiger partial charge >= 0.3 is 0 Å². The van der Waals surface area contributed by atoms with E-state index in [0.717, 1.165) is 70.1 Å². The Morgan fingerprint density at radius 1 is 1.03 bits per heavy atom. The van der Waals surface area contributed by atoms with Crippen LogP contribution in [-0.4, -0.2) is 70.7 Å². The fourth-order valence-electron chi connectivity index (χ4n) is 3.18. The van der Waals surface area contributed by atoms with E-state index < -0.39 is 0 Å². The van der Waals surface area contributed by atoms with E-state index in [1.807, 2.05) is 19.2 Å². The van der Waals surface area contributed by atoms with Gasteiger partial charge in [-0.25, -0.2) is 0 Å². The number of nitrogens with two attached hydrogens (primary N) is 1. The Morgan fingerprint density at radius 3 is 2.62 bits per heavy atom. The van der Waals surface area contributed by atoms with Gasteiger partial charge in [-0.1, -0.05) is 18.9 Å². The number of anilines is 1. The summed E-state index contributed by atoms with van der Waals surface area (Å²) in [6, 6.07) is 8.21. The van der Waals surface area contributed by atoms with Crippen molar-refractivity contribution >= 4 is 11.4 Å². The van der Waals surface area contributed by atoms with Crippen LogP contribution in [0.2, 0.25) is 0 Å². The zero-order chi connectivity index (χ0) is 23.5. The maximum absolute atomic E-state index is 5.89. The normalized spacial score (nSPS) is 12.2. The topological polar surface area (TPSA) is 95.7 Å². The Kier molecular flexibility index (Phi) is 15.8. The van der Waals surface area contributed by atoms with Crippen LogP contribution >= 0.6 is 0 Å². The van der Waals surface area contributed by atoms with Gasteiger partial charge in [-0.15, -0.1) is 0 Å². The number of aliphatic imine (C=N–C) groups is 1. The van der Waals surface area contributed by atoms with Crippen LogP contribution < -0.4 is 31.7 Å². The zero-order valence-corrected chi connectivity index (χ0v) is 20.9. The van der Waals surface area contributed by atoms with Crippen molar-refractivity contribution in [1.82, 2.24) is 16.0 Å². The number of nitrogens with one attached hydrogen (secondary N) is 4. The Morgan fingerprint density at radius 2 is 1.84 bits per heavy atom. The second-order valence-electron chi connectivity index (χ2n) is 8.97. The number of hydrogen-bond acceptors (Lipinski definition) is 7. The number of hydrogen-bond donors (Lipinski definition) is 5. The summed E-state index contributed by atoms with van der Waals surface area (Å²) in [7, 11) is 1.97. The van der Waals surface area contributed by atoms with E-state index in [0.29, 0.717) is 6.61 Å². The lowest BCUT2D eigenvalue weighted by atomic mass is 10.1. The molecule has 1 aromatic rings. The number of ether oxygens (including phenoxy) is 1. The summed E-state index contributed by atoms with van der Waals surface area (Å²) in [5.74, 6) is 0.908. The molecule has 1 rings (SSSR count). The lowest BCUT2D eigenvalue weighted by molar-refractivity contribution is 0.315. The highest BCUT2D eigenvalue weighted by Crippen LogP contribution is 2.17. The van der Waals surface area contributed by atoms with Crippen LogP contribution in [0.15, 0.2) is 29.3 Å². The van der Waals surface area contributed by atoms with Gasteiger partial charge in [0, 0.05) is 55.7 Å². The van der Waals surface area contributed by atoms with Crippen molar-refractivity contribution in [2.45, 2.75) is 58.4 Å². The minimum absolute atomic E-state index is 0.0211. The van der Waals surface area contributed by atoms with Crippen LogP contribution in [-0.2, 0) is 0 Å². The minimum Gasteiger partial charge on any atom is -0.492 e. The summed E-state index contributed by atoms with van der Waals surface area (Å²) in [4.78, 5) is 4.74. The van der Waals surface area contributed by atoms with Crippen LogP contribution in [0.25, 0.3) is 0 Å². The molecule has 0 unspecified atom stereocenters. The summed E-state index contributed by atoms with van der Waals surface area (Å²) in [6.07, 6.45) is 5.68. The van der Waals surface area contributed by atoms with Crippen molar-refractivity contribution in [2.75, 3.05) is 64.8 Å². The maximum atomic E-state index is 5.89. The van der Waals surface area contributed by atoms with E-state index in [4.69, 9.17) is 15.5 Å². The van der Waals surface area contributed by atoms with E-state index in [1.165, 1.54) is 25.0 Å². The van der Waals surface area contributed by atoms with Gasteiger partial charge in [0.15, 0.2) is 0 Å². The molecule has 0 spiro atoms. The molecule has 1 aromatic carbocycles. The van der Waals surface area contributed by atoms with Crippen LogP contribution in [0.1, 0.15) is 52.9 Å². The largest absolute Gasteiger partial charge is 0.492 e. The summed E-state index contributed by atoms with van der Waals surface area (Å²) in [5, 5.41) is 13.6. The molecule has 0 aliphatic heterocycles. The van der Waals surface area contributed by atoms with Gasteiger partial charge < -0.3 is 31.7 Å². The van der Waals surface area contributed by atoms with Crippen molar-refractivity contribution in [3.63, 3.8) is 0 Å². The summed E-state index contributed by atoms with van der Waals surface area (Å²) in [6.45, 7) is 13.4. The molecule has 0 atom stereocenters. The molecule has 0 aliphatic carbocycles. The molecule has 184 valence electrons. The van der Waals surface area contributed by atoms with Crippen LogP contribution in [0.3, 0.4) is 0 Å². The van der Waals surface area contributed by atoms with Crippen molar-refractivity contribution < 1.29 is 4.74 Å². The Labute approximate surface area is 196 Å². The van der Waals surface area contributed by atoms with Gasteiger partial charge in [0.25, 0.3) is 0 Å². The molecule has 7 heteroatoms. The molecule has 0 aromatic heterocycles. The van der Waals surface area contributed by atoms with Gasteiger partial charge in [-0.2, -0.15) is 0 Å². The molecule has 6 N–H and O–H groups in total.